The second kappa shape index (κ2) is 4.58. The molecule has 0 saturated heterocycles. The topological polar surface area (TPSA) is 21.3 Å². The fourth-order valence-corrected chi connectivity index (χ4v) is 0.414. The summed E-state index contributed by atoms with van der Waals surface area (Å²) in [5, 5.41) is 0. The van der Waals surface area contributed by atoms with Crippen molar-refractivity contribution in [2.24, 2.45) is 0 Å². The molecule has 0 atom stereocenters. The Labute approximate surface area is 63.7 Å². The Morgan fingerprint density at radius 2 is 2.33 bits per heavy atom. The second-order valence-electron chi connectivity index (χ2n) is 1.37. The van der Waals surface area contributed by atoms with Gasteiger partial charge in [-0.1, -0.05) is 12.7 Å². The number of hydroxylamine groups is 1. The number of halogens is 1. The predicted octanol–water partition coefficient (Wildman–Crippen LogP) is 1.95. The quantitative estimate of drug-likeness (QED) is 0.419. The number of allylic oxidation sites excluding steroid dienone is 2. The minimum Gasteiger partial charge on any atom is -0.408 e. The van der Waals surface area contributed by atoms with Gasteiger partial charge in [0.1, 0.15) is 0 Å². The second-order valence-corrected chi connectivity index (χ2v) is 2.22. The first-order valence-electron chi connectivity index (χ1n) is 2.57. The monoisotopic (exact) mass is 191 g/mol. The van der Waals surface area contributed by atoms with Crippen molar-refractivity contribution < 1.29 is 4.84 Å². The van der Waals surface area contributed by atoms with Crippen molar-refractivity contribution in [2.75, 3.05) is 7.05 Å². The molecular formula is C6H10BrNO. The van der Waals surface area contributed by atoms with Crippen LogP contribution in [0.25, 0.3) is 0 Å². The fraction of sp³-hybridized carbons (Fsp3) is 0.333. The van der Waals surface area contributed by atoms with Gasteiger partial charge in [0.2, 0.25) is 0 Å². The molecule has 0 saturated carbocycles. The van der Waals surface area contributed by atoms with E-state index in [1.807, 2.05) is 13.0 Å². The Hall–Kier alpha value is -0.280. The normalized spacial score (nSPS) is 11.2. The van der Waals surface area contributed by atoms with Crippen LogP contribution >= 0.6 is 15.9 Å². The van der Waals surface area contributed by atoms with Gasteiger partial charge in [-0.05, 0) is 22.9 Å². The third kappa shape index (κ3) is 3.32. The van der Waals surface area contributed by atoms with E-state index in [2.05, 4.69) is 28.0 Å². The van der Waals surface area contributed by atoms with Gasteiger partial charge in [-0.2, -0.15) is 5.48 Å². The fourth-order valence-electron chi connectivity index (χ4n) is 0.333. The third-order valence-corrected chi connectivity index (χ3v) is 1.65. The molecule has 0 amide bonds. The molecule has 0 spiro atoms. The summed E-state index contributed by atoms with van der Waals surface area (Å²) in [5.41, 5.74) is 2.51. The first-order valence-corrected chi connectivity index (χ1v) is 3.36. The summed E-state index contributed by atoms with van der Waals surface area (Å²) in [6, 6.07) is 0. The van der Waals surface area contributed by atoms with E-state index >= 15 is 0 Å². The molecule has 0 heterocycles. The highest BCUT2D eigenvalue weighted by Gasteiger charge is 1.94. The van der Waals surface area contributed by atoms with Crippen molar-refractivity contribution in [1.29, 1.82) is 0 Å². The molecule has 0 aliphatic rings. The molecule has 0 aromatic carbocycles. The Balaban J connectivity index is 3.74. The molecule has 0 aliphatic carbocycles. The van der Waals surface area contributed by atoms with Crippen LogP contribution in [0.4, 0.5) is 0 Å². The maximum Gasteiger partial charge on any atom is 0.153 e. The number of rotatable bonds is 3. The van der Waals surface area contributed by atoms with Gasteiger partial charge in [0, 0.05) is 7.05 Å². The molecule has 0 aliphatic heterocycles. The van der Waals surface area contributed by atoms with Gasteiger partial charge in [0.25, 0.3) is 0 Å². The predicted molar refractivity (Wildman–Crippen MR) is 42.0 cm³/mol. The van der Waals surface area contributed by atoms with Crippen LogP contribution in [0.15, 0.2) is 22.9 Å². The van der Waals surface area contributed by atoms with Crippen LogP contribution in [0.5, 0.6) is 0 Å². The van der Waals surface area contributed by atoms with Crippen molar-refractivity contribution in [3.63, 3.8) is 0 Å². The molecule has 0 bridgehead atoms. The summed E-state index contributed by atoms with van der Waals surface area (Å²) < 4.78 is 0.858. The smallest absolute Gasteiger partial charge is 0.153 e. The zero-order valence-electron chi connectivity index (χ0n) is 5.57. The number of hydrogen-bond donors (Lipinski definition) is 1. The molecule has 1 N–H and O–H groups in total. The van der Waals surface area contributed by atoms with Gasteiger partial charge in [-0.25, -0.2) is 0 Å². The molecule has 0 rings (SSSR count). The van der Waals surface area contributed by atoms with Crippen molar-refractivity contribution in [2.45, 2.75) is 6.92 Å². The summed E-state index contributed by atoms with van der Waals surface area (Å²) in [7, 11) is 1.68. The van der Waals surface area contributed by atoms with E-state index in [1.165, 1.54) is 0 Å². The lowest BCUT2D eigenvalue weighted by Gasteiger charge is -2.03. The highest BCUT2D eigenvalue weighted by atomic mass is 79.9. The standard InChI is InChI=1S/C6H10BrNO/c1-4-6(7)5(2)9-8-3/h4,8H,2H2,1,3H3/b6-4+. The SMILES string of the molecule is C=C(ONC)/C(Br)=C\C. The molecule has 0 fully saturated rings. The van der Waals surface area contributed by atoms with Gasteiger partial charge < -0.3 is 4.84 Å². The highest BCUT2D eigenvalue weighted by Crippen LogP contribution is 2.14. The Bertz CT molecular complexity index is 131. The van der Waals surface area contributed by atoms with Crippen LogP contribution in [0.2, 0.25) is 0 Å². The van der Waals surface area contributed by atoms with E-state index in [0.717, 1.165) is 4.48 Å². The van der Waals surface area contributed by atoms with E-state index < -0.39 is 0 Å². The van der Waals surface area contributed by atoms with Crippen molar-refractivity contribution in [1.82, 2.24) is 5.48 Å². The van der Waals surface area contributed by atoms with Gasteiger partial charge >= 0.3 is 0 Å². The van der Waals surface area contributed by atoms with E-state index in [1.54, 1.807) is 7.05 Å². The van der Waals surface area contributed by atoms with E-state index in [4.69, 9.17) is 4.84 Å². The summed E-state index contributed by atoms with van der Waals surface area (Å²) in [4.78, 5) is 4.83. The average Bonchev–Trinajstić information content (AvgIpc) is 1.87. The van der Waals surface area contributed by atoms with Crippen molar-refractivity contribution in [3.8, 4) is 0 Å². The van der Waals surface area contributed by atoms with Crippen LogP contribution in [-0.4, -0.2) is 7.05 Å². The summed E-state index contributed by atoms with van der Waals surface area (Å²) >= 11 is 3.24. The number of nitrogens with one attached hydrogen (secondary N) is 1. The average molecular weight is 192 g/mol. The zero-order chi connectivity index (χ0) is 7.28. The number of hydrogen-bond acceptors (Lipinski definition) is 2. The zero-order valence-corrected chi connectivity index (χ0v) is 7.16. The van der Waals surface area contributed by atoms with E-state index in [0.29, 0.717) is 5.76 Å². The summed E-state index contributed by atoms with van der Waals surface area (Å²) in [6.45, 7) is 5.51. The lowest BCUT2D eigenvalue weighted by molar-refractivity contribution is 0.137. The van der Waals surface area contributed by atoms with Crippen LogP contribution in [0.1, 0.15) is 6.92 Å². The molecule has 9 heavy (non-hydrogen) atoms. The van der Waals surface area contributed by atoms with Gasteiger partial charge in [0.15, 0.2) is 5.76 Å². The third-order valence-electron chi connectivity index (χ3n) is 0.745. The molecule has 52 valence electrons. The van der Waals surface area contributed by atoms with Gasteiger partial charge in [-0.3, -0.25) is 0 Å². The first kappa shape index (κ1) is 8.72. The summed E-state index contributed by atoms with van der Waals surface area (Å²) in [6.07, 6.45) is 1.86. The van der Waals surface area contributed by atoms with Crippen LogP contribution in [0.3, 0.4) is 0 Å². The minimum absolute atomic E-state index is 0.583. The van der Waals surface area contributed by atoms with Gasteiger partial charge in [-0.15, -0.1) is 0 Å². The molecule has 0 radical (unpaired) electrons. The van der Waals surface area contributed by atoms with Crippen molar-refractivity contribution >= 4 is 15.9 Å². The van der Waals surface area contributed by atoms with E-state index in [9.17, 15) is 0 Å². The Morgan fingerprint density at radius 1 is 1.78 bits per heavy atom. The minimum atomic E-state index is 0.583. The van der Waals surface area contributed by atoms with Crippen LogP contribution in [-0.2, 0) is 4.84 Å². The molecular weight excluding hydrogens is 182 g/mol. The van der Waals surface area contributed by atoms with Crippen LogP contribution in [0, 0.1) is 0 Å². The molecule has 3 heteroatoms. The van der Waals surface area contributed by atoms with Crippen molar-refractivity contribution in [3.05, 3.63) is 22.9 Å². The molecule has 0 unspecified atom stereocenters. The highest BCUT2D eigenvalue weighted by molar-refractivity contribution is 9.11. The molecule has 0 aromatic heterocycles. The first-order chi connectivity index (χ1) is 4.22. The summed E-state index contributed by atoms with van der Waals surface area (Å²) in [5.74, 6) is 0.583. The molecule has 2 nitrogen and oxygen atoms in total. The Kier molecular flexibility index (Phi) is 4.44. The largest absolute Gasteiger partial charge is 0.408 e. The Morgan fingerprint density at radius 3 is 2.67 bits per heavy atom. The lowest BCUT2D eigenvalue weighted by atomic mass is 10.5. The van der Waals surface area contributed by atoms with E-state index in [-0.39, 0.29) is 0 Å². The maximum atomic E-state index is 4.83. The maximum absolute atomic E-state index is 4.83. The van der Waals surface area contributed by atoms with Crippen LogP contribution < -0.4 is 5.48 Å². The molecule has 0 aromatic rings. The van der Waals surface area contributed by atoms with Gasteiger partial charge in [0.05, 0.1) is 4.48 Å². The lowest BCUT2D eigenvalue weighted by Crippen LogP contribution is -2.05.